The molecule has 1 aromatic heterocycles. The van der Waals surface area contributed by atoms with Gasteiger partial charge >= 0.3 is 0 Å². The predicted molar refractivity (Wildman–Crippen MR) is 81.5 cm³/mol. The van der Waals surface area contributed by atoms with Gasteiger partial charge in [-0.1, -0.05) is 6.42 Å². The highest BCUT2D eigenvalue weighted by molar-refractivity contribution is 5.94. The van der Waals surface area contributed by atoms with Crippen LogP contribution in [0.15, 0.2) is 17.1 Å². The first-order valence-electron chi connectivity index (χ1n) is 7.80. The van der Waals surface area contributed by atoms with Gasteiger partial charge in [-0.15, -0.1) is 0 Å². The number of piperidine rings is 1. The Labute approximate surface area is 124 Å². The predicted octanol–water partition coefficient (Wildman–Crippen LogP) is 1.38. The summed E-state index contributed by atoms with van der Waals surface area (Å²) in [6, 6.07) is 2.12. The van der Waals surface area contributed by atoms with Crippen LogP contribution in [0.3, 0.4) is 0 Å². The number of hydrogen-bond donors (Lipinski definition) is 1. The summed E-state index contributed by atoms with van der Waals surface area (Å²) >= 11 is 0. The number of carbonyl (C=O) groups excluding carboxylic acids is 1. The molecule has 21 heavy (non-hydrogen) atoms. The summed E-state index contributed by atoms with van der Waals surface area (Å²) in [6.45, 7) is 6.69. The molecule has 0 saturated carbocycles. The van der Waals surface area contributed by atoms with E-state index >= 15 is 0 Å². The Balaban J connectivity index is 1.82. The summed E-state index contributed by atoms with van der Waals surface area (Å²) in [5, 5.41) is 0. The van der Waals surface area contributed by atoms with E-state index in [1.807, 2.05) is 11.8 Å². The van der Waals surface area contributed by atoms with Gasteiger partial charge in [0.2, 0.25) is 0 Å². The van der Waals surface area contributed by atoms with Crippen molar-refractivity contribution in [3.05, 3.63) is 33.7 Å². The normalized spacial score (nSPS) is 26.5. The lowest BCUT2D eigenvalue weighted by Gasteiger charge is -2.47. The number of aromatic nitrogens is 1. The highest BCUT2D eigenvalue weighted by Crippen LogP contribution is 2.24. The summed E-state index contributed by atoms with van der Waals surface area (Å²) < 4.78 is 0. The van der Waals surface area contributed by atoms with Crippen LogP contribution in [0, 0.1) is 6.92 Å². The highest BCUT2D eigenvalue weighted by Gasteiger charge is 2.35. The van der Waals surface area contributed by atoms with Gasteiger partial charge in [0.25, 0.3) is 5.91 Å². The largest absolute Gasteiger partial charge is 0.364 e. The fourth-order valence-electron chi connectivity index (χ4n) is 3.53. The molecule has 0 aliphatic carbocycles. The second kappa shape index (κ2) is 5.64. The van der Waals surface area contributed by atoms with E-state index in [0.717, 1.165) is 31.7 Å². The van der Waals surface area contributed by atoms with Gasteiger partial charge in [0.05, 0.1) is 0 Å². The van der Waals surface area contributed by atoms with E-state index in [-0.39, 0.29) is 22.9 Å². The molecular formula is C16H23N3O2. The summed E-state index contributed by atoms with van der Waals surface area (Å²) in [5.74, 6) is -0.131. The third-order valence-corrected chi connectivity index (χ3v) is 4.74. The van der Waals surface area contributed by atoms with E-state index < -0.39 is 0 Å². The molecule has 0 bridgehead atoms. The van der Waals surface area contributed by atoms with Gasteiger partial charge in [-0.3, -0.25) is 14.5 Å². The molecule has 2 fully saturated rings. The lowest BCUT2D eigenvalue weighted by molar-refractivity contribution is 0.0150. The van der Waals surface area contributed by atoms with Gasteiger partial charge in [0.15, 0.2) is 5.43 Å². The Kier molecular flexibility index (Phi) is 3.85. The molecule has 0 radical (unpaired) electrons. The minimum absolute atomic E-state index is 0.131. The maximum atomic E-state index is 12.7. The van der Waals surface area contributed by atoms with Crippen molar-refractivity contribution in [3.8, 4) is 0 Å². The number of rotatable bonds is 1. The van der Waals surface area contributed by atoms with Crippen LogP contribution in [0.25, 0.3) is 0 Å². The number of nitrogens with zero attached hydrogens (tertiary/aromatic N) is 2. The Morgan fingerprint density at radius 3 is 2.90 bits per heavy atom. The first kappa shape index (κ1) is 14.3. The van der Waals surface area contributed by atoms with E-state index in [1.165, 1.54) is 18.9 Å². The fourth-order valence-corrected chi connectivity index (χ4v) is 3.53. The van der Waals surface area contributed by atoms with Crippen molar-refractivity contribution >= 4 is 5.91 Å². The molecule has 2 atom stereocenters. The minimum Gasteiger partial charge on any atom is -0.364 e. The van der Waals surface area contributed by atoms with E-state index in [9.17, 15) is 9.59 Å². The topological polar surface area (TPSA) is 56.4 Å². The van der Waals surface area contributed by atoms with Crippen molar-refractivity contribution in [1.29, 1.82) is 0 Å². The summed E-state index contributed by atoms with van der Waals surface area (Å²) in [7, 11) is 0. The van der Waals surface area contributed by atoms with Gasteiger partial charge in [-0.25, -0.2) is 0 Å². The van der Waals surface area contributed by atoms with E-state index in [1.54, 1.807) is 6.20 Å². The average molecular weight is 289 g/mol. The second-order valence-corrected chi connectivity index (χ2v) is 6.35. The van der Waals surface area contributed by atoms with Gasteiger partial charge in [-0.05, 0) is 33.2 Å². The zero-order valence-corrected chi connectivity index (χ0v) is 12.8. The van der Waals surface area contributed by atoms with Gasteiger partial charge in [0.1, 0.15) is 5.56 Å². The molecule has 3 rings (SSSR count). The minimum atomic E-state index is -0.186. The number of H-pyrrole nitrogens is 1. The van der Waals surface area contributed by atoms with Crippen LogP contribution in [0.4, 0.5) is 0 Å². The van der Waals surface area contributed by atoms with Crippen molar-refractivity contribution in [3.63, 3.8) is 0 Å². The van der Waals surface area contributed by atoms with Crippen LogP contribution >= 0.6 is 0 Å². The monoisotopic (exact) mass is 289 g/mol. The van der Waals surface area contributed by atoms with Crippen LogP contribution in [-0.2, 0) is 0 Å². The van der Waals surface area contributed by atoms with Crippen molar-refractivity contribution in [2.45, 2.75) is 45.2 Å². The molecule has 2 unspecified atom stereocenters. The molecule has 2 saturated heterocycles. The van der Waals surface area contributed by atoms with Crippen LogP contribution in [0.1, 0.15) is 42.2 Å². The zero-order valence-electron chi connectivity index (χ0n) is 12.8. The number of aromatic amines is 1. The molecule has 1 aromatic rings. The molecular weight excluding hydrogens is 266 g/mol. The van der Waals surface area contributed by atoms with Crippen molar-refractivity contribution in [1.82, 2.24) is 14.8 Å². The molecule has 2 aliphatic rings. The molecule has 1 N–H and O–H groups in total. The number of carbonyl (C=O) groups is 1. The number of amides is 1. The number of aryl methyl sites for hydroxylation is 1. The van der Waals surface area contributed by atoms with Gasteiger partial charge < -0.3 is 9.88 Å². The van der Waals surface area contributed by atoms with Crippen LogP contribution in [0.5, 0.6) is 0 Å². The molecule has 0 aromatic carbocycles. The Morgan fingerprint density at radius 2 is 2.14 bits per heavy atom. The Bertz CT molecular complexity index is 595. The van der Waals surface area contributed by atoms with Gasteiger partial charge in [0, 0.05) is 43.1 Å². The van der Waals surface area contributed by atoms with Crippen molar-refractivity contribution < 1.29 is 4.79 Å². The molecule has 114 valence electrons. The number of pyridine rings is 1. The highest BCUT2D eigenvalue weighted by atomic mass is 16.2. The Morgan fingerprint density at radius 1 is 1.33 bits per heavy atom. The van der Waals surface area contributed by atoms with E-state index in [4.69, 9.17) is 0 Å². The first-order chi connectivity index (χ1) is 10.1. The molecule has 5 nitrogen and oxygen atoms in total. The average Bonchev–Trinajstić information content (AvgIpc) is 2.46. The van der Waals surface area contributed by atoms with Crippen molar-refractivity contribution in [2.75, 3.05) is 19.6 Å². The number of fused-ring (bicyclic) bond motifs is 1. The summed E-state index contributed by atoms with van der Waals surface area (Å²) in [6.07, 6.45) is 5.21. The molecule has 5 heteroatoms. The number of nitrogens with one attached hydrogen (secondary N) is 1. The van der Waals surface area contributed by atoms with E-state index in [2.05, 4.69) is 16.8 Å². The zero-order chi connectivity index (χ0) is 15.0. The first-order valence-corrected chi connectivity index (χ1v) is 7.80. The van der Waals surface area contributed by atoms with Gasteiger partial charge in [-0.2, -0.15) is 0 Å². The number of hydrogen-bond acceptors (Lipinski definition) is 3. The smallest absolute Gasteiger partial charge is 0.259 e. The van der Waals surface area contributed by atoms with Crippen LogP contribution < -0.4 is 5.43 Å². The molecule has 3 heterocycles. The second-order valence-electron chi connectivity index (χ2n) is 6.35. The SMILES string of the molecule is Cc1cc(=O)c(C(=O)N2CC3CCCCN3CC2C)c[nH]1. The maximum absolute atomic E-state index is 12.7. The lowest BCUT2D eigenvalue weighted by atomic mass is 9.96. The fraction of sp³-hybridized carbons (Fsp3) is 0.625. The molecule has 0 spiro atoms. The summed E-state index contributed by atoms with van der Waals surface area (Å²) in [5.41, 5.74) is 0.855. The quantitative estimate of drug-likeness (QED) is 0.850. The van der Waals surface area contributed by atoms with Crippen molar-refractivity contribution in [2.24, 2.45) is 0 Å². The standard InChI is InChI=1S/C16H23N3O2/c1-11-7-15(20)14(8-17-11)16(21)19-10-13-5-3-4-6-18(13)9-12(19)2/h7-8,12-13H,3-6,9-10H2,1-2H3,(H,17,20). The lowest BCUT2D eigenvalue weighted by Crippen LogP contribution is -2.60. The van der Waals surface area contributed by atoms with Crippen LogP contribution in [-0.4, -0.2) is 52.4 Å². The third kappa shape index (κ3) is 2.75. The maximum Gasteiger partial charge on any atom is 0.259 e. The van der Waals surface area contributed by atoms with E-state index in [0.29, 0.717) is 6.04 Å². The molecule has 2 aliphatic heterocycles. The number of piperazine rings is 1. The third-order valence-electron chi connectivity index (χ3n) is 4.74. The molecule has 1 amide bonds. The Hall–Kier alpha value is -1.62. The van der Waals surface area contributed by atoms with Crippen LogP contribution in [0.2, 0.25) is 0 Å². The summed E-state index contributed by atoms with van der Waals surface area (Å²) in [4.78, 5) is 32.1.